The summed E-state index contributed by atoms with van der Waals surface area (Å²) >= 11 is 0. The van der Waals surface area contributed by atoms with E-state index in [-0.39, 0.29) is 18.8 Å². The van der Waals surface area contributed by atoms with Crippen molar-refractivity contribution < 1.29 is 19.4 Å². The molecule has 3 rings (SSSR count). The van der Waals surface area contributed by atoms with Crippen molar-refractivity contribution in [2.45, 2.75) is 45.2 Å². The van der Waals surface area contributed by atoms with Crippen LogP contribution in [0.2, 0.25) is 0 Å². The molecular weight excluding hydrogens is 276 g/mol. The van der Waals surface area contributed by atoms with Crippen LogP contribution >= 0.6 is 0 Å². The average molecular weight is 294 g/mol. The lowest BCUT2D eigenvalue weighted by atomic mass is 10.2. The maximum atomic E-state index is 9.07. The third-order valence-corrected chi connectivity index (χ3v) is 3.12. The minimum atomic E-state index is -0.413. The molecule has 0 aromatic carbocycles. The molecule has 2 atom stereocenters. The van der Waals surface area contributed by atoms with Gasteiger partial charge < -0.3 is 19.4 Å². The lowest BCUT2D eigenvalue weighted by Gasteiger charge is -2.14. The standard InChI is InChI=1S/C13H18N4O4/c1-8(2)19-13-11-12(14-6-15-13)17(7-16-11)21-10-4-3-9(5-18)20-10/h6-10,18H,3-5H2,1-2H3/t9-,10+/m0/s1. The van der Waals surface area contributed by atoms with E-state index in [4.69, 9.17) is 19.4 Å². The van der Waals surface area contributed by atoms with Crippen molar-refractivity contribution in [2.75, 3.05) is 6.61 Å². The van der Waals surface area contributed by atoms with Crippen LogP contribution in [0.5, 0.6) is 5.88 Å². The molecule has 0 bridgehead atoms. The van der Waals surface area contributed by atoms with E-state index in [2.05, 4.69) is 15.0 Å². The predicted molar refractivity (Wildman–Crippen MR) is 72.6 cm³/mol. The van der Waals surface area contributed by atoms with Gasteiger partial charge in [0.05, 0.1) is 18.8 Å². The van der Waals surface area contributed by atoms with Crippen LogP contribution in [-0.2, 0) is 4.74 Å². The van der Waals surface area contributed by atoms with Crippen molar-refractivity contribution >= 4 is 11.2 Å². The van der Waals surface area contributed by atoms with E-state index >= 15 is 0 Å². The normalized spacial score (nSPS) is 22.1. The second-order valence-electron chi connectivity index (χ2n) is 5.14. The molecule has 1 fully saturated rings. The van der Waals surface area contributed by atoms with Gasteiger partial charge in [0.1, 0.15) is 12.7 Å². The van der Waals surface area contributed by atoms with E-state index in [0.717, 1.165) is 6.42 Å². The molecule has 0 unspecified atom stereocenters. The molecule has 2 aromatic rings. The van der Waals surface area contributed by atoms with Crippen molar-refractivity contribution in [3.63, 3.8) is 0 Å². The van der Waals surface area contributed by atoms with Crippen LogP contribution in [0.1, 0.15) is 26.7 Å². The highest BCUT2D eigenvalue weighted by molar-refractivity contribution is 5.75. The molecule has 1 aliphatic rings. The fourth-order valence-electron chi connectivity index (χ4n) is 2.19. The monoisotopic (exact) mass is 294 g/mol. The molecule has 8 heteroatoms. The molecule has 8 nitrogen and oxygen atoms in total. The first-order valence-corrected chi connectivity index (χ1v) is 6.95. The minimum absolute atomic E-state index is 0.000910. The zero-order chi connectivity index (χ0) is 14.8. The van der Waals surface area contributed by atoms with Gasteiger partial charge in [-0.05, 0) is 20.3 Å². The molecule has 1 aliphatic heterocycles. The number of aliphatic hydroxyl groups excluding tert-OH is 1. The summed E-state index contributed by atoms with van der Waals surface area (Å²) in [6.45, 7) is 3.84. The minimum Gasteiger partial charge on any atom is -0.473 e. The highest BCUT2D eigenvalue weighted by atomic mass is 16.8. The molecular formula is C13H18N4O4. The first-order valence-electron chi connectivity index (χ1n) is 6.95. The van der Waals surface area contributed by atoms with Gasteiger partial charge in [-0.1, -0.05) is 0 Å². The third-order valence-electron chi connectivity index (χ3n) is 3.12. The number of aliphatic hydroxyl groups is 1. The van der Waals surface area contributed by atoms with Crippen LogP contribution in [0.3, 0.4) is 0 Å². The Morgan fingerprint density at radius 2 is 2.24 bits per heavy atom. The number of ether oxygens (including phenoxy) is 2. The van der Waals surface area contributed by atoms with Gasteiger partial charge in [-0.15, -0.1) is 4.73 Å². The van der Waals surface area contributed by atoms with Crippen LogP contribution in [0, 0.1) is 0 Å². The first kappa shape index (κ1) is 14.0. The second kappa shape index (κ2) is 5.82. The van der Waals surface area contributed by atoms with Gasteiger partial charge in [0.2, 0.25) is 17.8 Å². The summed E-state index contributed by atoms with van der Waals surface area (Å²) in [5, 5.41) is 9.07. The zero-order valence-electron chi connectivity index (χ0n) is 12.0. The molecule has 0 amide bonds. The quantitative estimate of drug-likeness (QED) is 0.860. The van der Waals surface area contributed by atoms with E-state index in [0.29, 0.717) is 23.5 Å². The molecule has 1 N–H and O–H groups in total. The van der Waals surface area contributed by atoms with Crippen molar-refractivity contribution in [3.8, 4) is 5.88 Å². The SMILES string of the molecule is CC(C)Oc1ncnc2c1ncn2O[C@@H]1CC[C@@H](CO)O1. The lowest BCUT2D eigenvalue weighted by Crippen LogP contribution is -2.26. The summed E-state index contributed by atoms with van der Waals surface area (Å²) in [5.41, 5.74) is 1.07. The molecule has 2 aromatic heterocycles. The van der Waals surface area contributed by atoms with Gasteiger partial charge >= 0.3 is 0 Å². The summed E-state index contributed by atoms with van der Waals surface area (Å²) in [4.78, 5) is 18.2. The molecule has 0 spiro atoms. The molecule has 1 saturated heterocycles. The van der Waals surface area contributed by atoms with Crippen LogP contribution in [0.15, 0.2) is 12.7 Å². The summed E-state index contributed by atoms with van der Waals surface area (Å²) in [6, 6.07) is 0. The maximum absolute atomic E-state index is 9.07. The zero-order valence-corrected chi connectivity index (χ0v) is 12.0. The molecule has 3 heterocycles. The number of fused-ring (bicyclic) bond motifs is 1. The Morgan fingerprint density at radius 1 is 1.38 bits per heavy atom. The fraction of sp³-hybridized carbons (Fsp3) is 0.615. The summed E-state index contributed by atoms with van der Waals surface area (Å²) in [5.74, 6) is 0.429. The number of nitrogens with zero attached hydrogens (tertiary/aromatic N) is 4. The van der Waals surface area contributed by atoms with Crippen molar-refractivity contribution in [1.82, 2.24) is 19.7 Å². The van der Waals surface area contributed by atoms with E-state index in [1.165, 1.54) is 17.4 Å². The lowest BCUT2D eigenvalue weighted by molar-refractivity contribution is -0.140. The van der Waals surface area contributed by atoms with Crippen molar-refractivity contribution in [3.05, 3.63) is 12.7 Å². The Hall–Kier alpha value is -1.93. The van der Waals surface area contributed by atoms with Crippen molar-refractivity contribution in [1.29, 1.82) is 0 Å². The molecule has 114 valence electrons. The van der Waals surface area contributed by atoms with Gasteiger partial charge in [0.15, 0.2) is 5.52 Å². The maximum Gasteiger partial charge on any atom is 0.245 e. The van der Waals surface area contributed by atoms with Crippen LogP contribution in [-0.4, -0.2) is 49.9 Å². The van der Waals surface area contributed by atoms with E-state index in [1.807, 2.05) is 13.8 Å². The van der Waals surface area contributed by atoms with E-state index in [9.17, 15) is 0 Å². The summed E-state index contributed by atoms with van der Waals surface area (Å²) in [7, 11) is 0. The second-order valence-corrected chi connectivity index (χ2v) is 5.14. The molecule has 0 aliphatic carbocycles. The van der Waals surface area contributed by atoms with Crippen LogP contribution in [0.4, 0.5) is 0 Å². The van der Waals surface area contributed by atoms with Crippen LogP contribution < -0.4 is 9.57 Å². The van der Waals surface area contributed by atoms with Gasteiger partial charge in [-0.25, -0.2) is 9.97 Å². The Bertz CT molecular complexity index is 615. The van der Waals surface area contributed by atoms with E-state index in [1.54, 1.807) is 0 Å². The highest BCUT2D eigenvalue weighted by Gasteiger charge is 2.27. The topological polar surface area (TPSA) is 91.5 Å². The first-order chi connectivity index (χ1) is 10.2. The average Bonchev–Trinajstić information content (AvgIpc) is 3.07. The predicted octanol–water partition coefficient (Wildman–Crippen LogP) is 0.539. The molecule has 0 saturated carbocycles. The smallest absolute Gasteiger partial charge is 0.245 e. The highest BCUT2D eigenvalue weighted by Crippen LogP contribution is 2.22. The molecule has 21 heavy (non-hydrogen) atoms. The van der Waals surface area contributed by atoms with Gasteiger partial charge in [-0.2, -0.15) is 4.98 Å². The van der Waals surface area contributed by atoms with Gasteiger partial charge in [-0.3, -0.25) is 0 Å². The van der Waals surface area contributed by atoms with Crippen molar-refractivity contribution in [2.24, 2.45) is 0 Å². The number of hydrogen-bond donors (Lipinski definition) is 1. The number of aromatic nitrogens is 4. The van der Waals surface area contributed by atoms with Gasteiger partial charge in [0.25, 0.3) is 0 Å². The molecule has 0 radical (unpaired) electrons. The van der Waals surface area contributed by atoms with Crippen LogP contribution in [0.25, 0.3) is 11.2 Å². The number of imidazole rings is 1. The summed E-state index contributed by atoms with van der Waals surface area (Å²) in [6.07, 6.45) is 3.83. The Kier molecular flexibility index (Phi) is 3.89. The Morgan fingerprint density at radius 3 is 2.95 bits per heavy atom. The summed E-state index contributed by atoms with van der Waals surface area (Å²) < 4.78 is 12.6. The number of hydrogen-bond acceptors (Lipinski definition) is 7. The Labute approximate surface area is 121 Å². The Balaban J connectivity index is 1.81. The van der Waals surface area contributed by atoms with E-state index < -0.39 is 6.29 Å². The third kappa shape index (κ3) is 2.91. The largest absolute Gasteiger partial charge is 0.473 e. The number of rotatable bonds is 5. The fourth-order valence-corrected chi connectivity index (χ4v) is 2.19. The van der Waals surface area contributed by atoms with Gasteiger partial charge in [0, 0.05) is 6.42 Å².